The van der Waals surface area contributed by atoms with Crippen molar-refractivity contribution in [3.63, 3.8) is 0 Å². The maximum atomic E-state index is 5.28. The molecular weight excluding hydrogens is 238 g/mol. The molecule has 0 spiro atoms. The Morgan fingerprint density at radius 1 is 1.32 bits per heavy atom. The molecule has 0 amide bonds. The first kappa shape index (κ1) is 13.7. The molecule has 0 aliphatic rings. The molecule has 0 fully saturated rings. The van der Waals surface area contributed by atoms with Gasteiger partial charge < -0.3 is 9.84 Å². The van der Waals surface area contributed by atoms with E-state index in [1.54, 1.807) is 0 Å². The van der Waals surface area contributed by atoms with Crippen LogP contribution >= 0.6 is 0 Å². The van der Waals surface area contributed by atoms with Crippen molar-refractivity contribution in [2.24, 2.45) is 0 Å². The van der Waals surface area contributed by atoms with E-state index in [0.717, 1.165) is 24.9 Å². The van der Waals surface area contributed by atoms with Crippen LogP contribution in [0.25, 0.3) is 11.4 Å². The molecule has 0 saturated heterocycles. The topological polar surface area (TPSA) is 51.0 Å². The van der Waals surface area contributed by atoms with Crippen LogP contribution in [0, 0.1) is 6.92 Å². The normalized spacial score (nSPS) is 11.2. The molecule has 4 nitrogen and oxygen atoms in total. The van der Waals surface area contributed by atoms with Crippen LogP contribution in [0.5, 0.6) is 0 Å². The Morgan fingerprint density at radius 3 is 2.89 bits per heavy atom. The second-order valence-corrected chi connectivity index (χ2v) is 5.09. The number of hydrogen-bond acceptors (Lipinski definition) is 4. The summed E-state index contributed by atoms with van der Waals surface area (Å²) < 4.78 is 5.28. The molecule has 0 aliphatic carbocycles. The van der Waals surface area contributed by atoms with Gasteiger partial charge in [0.2, 0.25) is 11.7 Å². The van der Waals surface area contributed by atoms with Gasteiger partial charge in [-0.2, -0.15) is 4.98 Å². The molecule has 1 aromatic carbocycles. The van der Waals surface area contributed by atoms with Gasteiger partial charge in [-0.1, -0.05) is 42.8 Å². The lowest BCUT2D eigenvalue weighted by atomic mass is 10.1. The Kier molecular flexibility index (Phi) is 4.68. The Balaban J connectivity index is 1.92. The van der Waals surface area contributed by atoms with Crippen molar-refractivity contribution in [2.75, 3.05) is 6.54 Å². The van der Waals surface area contributed by atoms with Gasteiger partial charge in [-0.05, 0) is 26.0 Å². The highest BCUT2D eigenvalue weighted by atomic mass is 16.5. The molecule has 0 saturated carbocycles. The smallest absolute Gasteiger partial charge is 0.227 e. The maximum absolute atomic E-state index is 5.28. The lowest BCUT2D eigenvalue weighted by Crippen LogP contribution is -2.23. The standard InChI is InChI=1S/C15H21N3O/c1-11(2)16-9-5-8-14-17-15(18-19-14)13-7-4-6-12(3)10-13/h4,6-7,10-11,16H,5,8-9H2,1-3H3. The minimum Gasteiger partial charge on any atom is -0.339 e. The van der Waals surface area contributed by atoms with Gasteiger partial charge in [0.15, 0.2) is 0 Å². The Labute approximate surface area is 114 Å². The summed E-state index contributed by atoms with van der Waals surface area (Å²) in [7, 11) is 0. The first-order chi connectivity index (χ1) is 9.15. The molecule has 0 bridgehead atoms. The van der Waals surface area contributed by atoms with Crippen molar-refractivity contribution < 1.29 is 4.52 Å². The number of aryl methyl sites for hydroxylation is 2. The molecule has 1 N–H and O–H groups in total. The average Bonchev–Trinajstić information content (AvgIpc) is 2.83. The van der Waals surface area contributed by atoms with Crippen LogP contribution in [0.2, 0.25) is 0 Å². The Morgan fingerprint density at radius 2 is 2.16 bits per heavy atom. The monoisotopic (exact) mass is 259 g/mol. The van der Waals surface area contributed by atoms with Gasteiger partial charge in [-0.3, -0.25) is 0 Å². The van der Waals surface area contributed by atoms with E-state index in [1.165, 1.54) is 5.56 Å². The quantitative estimate of drug-likeness (QED) is 0.810. The highest BCUT2D eigenvalue weighted by Crippen LogP contribution is 2.17. The van der Waals surface area contributed by atoms with E-state index in [2.05, 4.69) is 48.4 Å². The molecule has 1 aromatic heterocycles. The molecule has 102 valence electrons. The molecule has 2 aromatic rings. The lowest BCUT2D eigenvalue weighted by molar-refractivity contribution is 0.374. The summed E-state index contributed by atoms with van der Waals surface area (Å²) in [5.74, 6) is 1.39. The summed E-state index contributed by atoms with van der Waals surface area (Å²) in [5.41, 5.74) is 2.21. The third-order valence-corrected chi connectivity index (χ3v) is 2.86. The van der Waals surface area contributed by atoms with E-state index < -0.39 is 0 Å². The third kappa shape index (κ3) is 4.17. The molecule has 4 heteroatoms. The van der Waals surface area contributed by atoms with Crippen LogP contribution in [-0.2, 0) is 6.42 Å². The van der Waals surface area contributed by atoms with Crippen molar-refractivity contribution in [1.29, 1.82) is 0 Å². The van der Waals surface area contributed by atoms with Gasteiger partial charge >= 0.3 is 0 Å². The first-order valence-electron chi connectivity index (χ1n) is 6.78. The second kappa shape index (κ2) is 6.48. The van der Waals surface area contributed by atoms with Gasteiger partial charge in [0, 0.05) is 18.0 Å². The van der Waals surface area contributed by atoms with E-state index in [4.69, 9.17) is 4.52 Å². The number of nitrogens with one attached hydrogen (secondary N) is 1. The van der Waals surface area contributed by atoms with Gasteiger partial charge in [0.25, 0.3) is 0 Å². The van der Waals surface area contributed by atoms with Crippen LogP contribution < -0.4 is 5.32 Å². The van der Waals surface area contributed by atoms with Crippen LogP contribution in [0.3, 0.4) is 0 Å². The highest BCUT2D eigenvalue weighted by Gasteiger charge is 2.08. The summed E-state index contributed by atoms with van der Waals surface area (Å²) in [6, 6.07) is 8.65. The molecule has 0 atom stereocenters. The fourth-order valence-electron chi connectivity index (χ4n) is 1.89. The molecule has 0 radical (unpaired) electrons. The zero-order valence-corrected chi connectivity index (χ0v) is 11.8. The van der Waals surface area contributed by atoms with E-state index in [9.17, 15) is 0 Å². The Bertz CT molecular complexity index is 520. The van der Waals surface area contributed by atoms with Crippen LogP contribution in [-0.4, -0.2) is 22.7 Å². The summed E-state index contributed by atoms with van der Waals surface area (Å²) in [6.07, 6.45) is 1.83. The van der Waals surface area contributed by atoms with E-state index in [-0.39, 0.29) is 0 Å². The summed E-state index contributed by atoms with van der Waals surface area (Å²) >= 11 is 0. The number of nitrogens with zero attached hydrogens (tertiary/aromatic N) is 2. The minimum atomic E-state index is 0.519. The zero-order valence-electron chi connectivity index (χ0n) is 11.8. The third-order valence-electron chi connectivity index (χ3n) is 2.86. The molecule has 1 heterocycles. The van der Waals surface area contributed by atoms with Crippen molar-refractivity contribution in [3.05, 3.63) is 35.7 Å². The van der Waals surface area contributed by atoms with Crippen LogP contribution in [0.1, 0.15) is 31.7 Å². The number of rotatable bonds is 6. The Hall–Kier alpha value is -1.68. The van der Waals surface area contributed by atoms with Crippen LogP contribution in [0.15, 0.2) is 28.8 Å². The zero-order chi connectivity index (χ0) is 13.7. The molecule has 19 heavy (non-hydrogen) atoms. The van der Waals surface area contributed by atoms with Gasteiger partial charge in [-0.25, -0.2) is 0 Å². The van der Waals surface area contributed by atoms with Crippen molar-refractivity contribution in [3.8, 4) is 11.4 Å². The fourth-order valence-corrected chi connectivity index (χ4v) is 1.89. The van der Waals surface area contributed by atoms with Crippen molar-refractivity contribution in [1.82, 2.24) is 15.5 Å². The van der Waals surface area contributed by atoms with Gasteiger partial charge in [-0.15, -0.1) is 0 Å². The minimum absolute atomic E-state index is 0.519. The molecule has 0 unspecified atom stereocenters. The van der Waals surface area contributed by atoms with E-state index >= 15 is 0 Å². The van der Waals surface area contributed by atoms with Gasteiger partial charge in [0.05, 0.1) is 0 Å². The molecular formula is C15H21N3O. The van der Waals surface area contributed by atoms with Crippen LogP contribution in [0.4, 0.5) is 0 Å². The SMILES string of the molecule is Cc1cccc(-c2noc(CCCNC(C)C)n2)c1. The highest BCUT2D eigenvalue weighted by molar-refractivity contribution is 5.55. The largest absolute Gasteiger partial charge is 0.339 e. The second-order valence-electron chi connectivity index (χ2n) is 5.09. The van der Waals surface area contributed by atoms with E-state index in [0.29, 0.717) is 17.8 Å². The number of benzene rings is 1. The average molecular weight is 259 g/mol. The first-order valence-corrected chi connectivity index (χ1v) is 6.78. The lowest BCUT2D eigenvalue weighted by Gasteiger charge is -2.05. The predicted molar refractivity (Wildman–Crippen MR) is 75.9 cm³/mol. The summed E-state index contributed by atoms with van der Waals surface area (Å²) in [6.45, 7) is 7.31. The fraction of sp³-hybridized carbons (Fsp3) is 0.467. The van der Waals surface area contributed by atoms with E-state index in [1.807, 2.05) is 12.1 Å². The van der Waals surface area contributed by atoms with Gasteiger partial charge in [0.1, 0.15) is 0 Å². The maximum Gasteiger partial charge on any atom is 0.227 e. The summed E-state index contributed by atoms with van der Waals surface area (Å²) in [5, 5.41) is 7.41. The number of hydrogen-bond donors (Lipinski definition) is 1. The summed E-state index contributed by atoms with van der Waals surface area (Å²) in [4.78, 5) is 4.43. The predicted octanol–water partition coefficient (Wildman–Crippen LogP) is 2.98. The van der Waals surface area contributed by atoms with Crippen molar-refractivity contribution >= 4 is 0 Å². The molecule has 0 aliphatic heterocycles. The van der Waals surface area contributed by atoms with Crippen molar-refractivity contribution in [2.45, 2.75) is 39.7 Å². The number of aromatic nitrogens is 2. The molecule has 2 rings (SSSR count).